The zero-order valence-corrected chi connectivity index (χ0v) is 19.4. The quantitative estimate of drug-likeness (QED) is 0.347. The van der Waals surface area contributed by atoms with E-state index >= 15 is 0 Å². The van der Waals surface area contributed by atoms with Gasteiger partial charge >= 0.3 is 5.97 Å². The zero-order valence-electron chi connectivity index (χ0n) is 19.4. The van der Waals surface area contributed by atoms with E-state index in [-0.39, 0.29) is 29.5 Å². The lowest BCUT2D eigenvalue weighted by molar-refractivity contribution is 0.0427. The van der Waals surface area contributed by atoms with Gasteiger partial charge in [-0.2, -0.15) is 4.98 Å². The summed E-state index contributed by atoms with van der Waals surface area (Å²) in [7, 11) is 4.72. The van der Waals surface area contributed by atoms with Crippen LogP contribution in [0.1, 0.15) is 26.6 Å². The number of ether oxygens (including phenoxy) is 3. The molecule has 0 bridgehead atoms. The number of esters is 1. The number of hydrogen-bond acceptors (Lipinski definition) is 8. The Morgan fingerprint density at radius 2 is 1.57 bits per heavy atom. The van der Waals surface area contributed by atoms with Crippen molar-refractivity contribution in [3.63, 3.8) is 0 Å². The van der Waals surface area contributed by atoms with Crippen LogP contribution < -0.4 is 14.4 Å². The van der Waals surface area contributed by atoms with Crippen molar-refractivity contribution < 1.29 is 28.3 Å². The molecule has 9 nitrogen and oxygen atoms in total. The van der Waals surface area contributed by atoms with Crippen LogP contribution in [-0.2, 0) is 11.3 Å². The van der Waals surface area contributed by atoms with Crippen molar-refractivity contribution >= 4 is 17.6 Å². The molecule has 0 aliphatic heterocycles. The van der Waals surface area contributed by atoms with Crippen molar-refractivity contribution in [2.75, 3.05) is 26.2 Å². The number of hydrogen-bond donors (Lipinski definition) is 0. The molecule has 35 heavy (non-hydrogen) atoms. The lowest BCUT2D eigenvalue weighted by Crippen LogP contribution is -2.28. The molecule has 1 aromatic heterocycles. The molecule has 0 saturated heterocycles. The molecule has 0 atom stereocenters. The van der Waals surface area contributed by atoms with E-state index in [0.29, 0.717) is 28.6 Å². The van der Waals surface area contributed by atoms with Crippen LogP contribution in [0.2, 0.25) is 0 Å². The lowest BCUT2D eigenvalue weighted by atomic mass is 10.1. The fourth-order valence-corrected chi connectivity index (χ4v) is 3.41. The molecular weight excluding hydrogens is 450 g/mol. The minimum atomic E-state index is -0.679. The van der Waals surface area contributed by atoms with Crippen LogP contribution in [0.15, 0.2) is 77.3 Å². The fourth-order valence-electron chi connectivity index (χ4n) is 3.41. The molecule has 0 radical (unpaired) electrons. The summed E-state index contributed by atoms with van der Waals surface area (Å²) >= 11 is 0. The van der Waals surface area contributed by atoms with Crippen LogP contribution in [-0.4, -0.2) is 43.3 Å². The van der Waals surface area contributed by atoms with Gasteiger partial charge in [0, 0.05) is 18.3 Å². The number of amides is 1. The largest absolute Gasteiger partial charge is 0.493 e. The highest BCUT2D eigenvalue weighted by atomic mass is 16.6. The molecule has 3 aromatic carbocycles. The molecule has 0 N–H and O–H groups in total. The monoisotopic (exact) mass is 473 g/mol. The molecule has 9 heteroatoms. The topological polar surface area (TPSA) is 104 Å². The first-order valence-corrected chi connectivity index (χ1v) is 10.7. The van der Waals surface area contributed by atoms with Gasteiger partial charge in [-0.3, -0.25) is 4.79 Å². The molecule has 178 valence electrons. The maximum atomic E-state index is 13.1. The predicted molar refractivity (Wildman–Crippen MR) is 128 cm³/mol. The molecule has 4 aromatic rings. The maximum absolute atomic E-state index is 13.1. The van der Waals surface area contributed by atoms with Crippen molar-refractivity contribution in [1.82, 2.24) is 10.1 Å². The SMILES string of the molecule is COc1ccc(-c2noc(COC(=O)c3ccccc3C(=O)N(C)c3ccccc3)n2)cc1OC. The van der Waals surface area contributed by atoms with E-state index in [1.807, 2.05) is 30.3 Å². The number of aromatic nitrogens is 2. The molecule has 0 fully saturated rings. The van der Waals surface area contributed by atoms with Gasteiger partial charge in [-0.15, -0.1) is 0 Å². The Morgan fingerprint density at radius 1 is 0.886 bits per heavy atom. The van der Waals surface area contributed by atoms with E-state index in [1.165, 1.54) is 18.1 Å². The summed E-state index contributed by atoms with van der Waals surface area (Å²) in [5, 5.41) is 3.94. The minimum Gasteiger partial charge on any atom is -0.493 e. The van der Waals surface area contributed by atoms with Crippen molar-refractivity contribution in [1.29, 1.82) is 0 Å². The number of nitrogens with zero attached hydrogens (tertiary/aromatic N) is 3. The van der Waals surface area contributed by atoms with E-state index in [2.05, 4.69) is 10.1 Å². The third-order valence-electron chi connectivity index (χ3n) is 5.26. The Balaban J connectivity index is 1.47. The smallest absolute Gasteiger partial charge is 0.339 e. The van der Waals surface area contributed by atoms with Crippen LogP contribution >= 0.6 is 0 Å². The number of carbonyl (C=O) groups excluding carboxylic acids is 2. The maximum Gasteiger partial charge on any atom is 0.339 e. The van der Waals surface area contributed by atoms with Crippen molar-refractivity contribution in [3.8, 4) is 22.9 Å². The summed E-state index contributed by atoms with van der Waals surface area (Å²) in [4.78, 5) is 31.6. The Hall–Kier alpha value is -4.66. The van der Waals surface area contributed by atoms with Crippen LogP contribution in [0.25, 0.3) is 11.4 Å². The number of methoxy groups -OCH3 is 2. The number of rotatable bonds is 8. The number of carbonyl (C=O) groups is 2. The Morgan fingerprint density at radius 3 is 2.29 bits per heavy atom. The van der Waals surface area contributed by atoms with E-state index in [4.69, 9.17) is 18.7 Å². The summed E-state index contributed by atoms with van der Waals surface area (Å²) in [6.07, 6.45) is 0. The highest BCUT2D eigenvalue weighted by Gasteiger charge is 2.22. The molecule has 0 aliphatic rings. The van der Waals surface area contributed by atoms with E-state index < -0.39 is 5.97 Å². The minimum absolute atomic E-state index is 0.105. The first kappa shape index (κ1) is 23.5. The van der Waals surface area contributed by atoms with Gasteiger partial charge in [0.2, 0.25) is 5.82 Å². The van der Waals surface area contributed by atoms with E-state index in [9.17, 15) is 9.59 Å². The standard InChI is InChI=1S/C26H23N3O6/c1-29(18-9-5-4-6-10-18)25(30)19-11-7-8-12-20(19)26(31)34-16-23-27-24(28-35-23)17-13-14-21(32-2)22(15-17)33-3/h4-15H,16H2,1-3H3. The average Bonchev–Trinajstić information content (AvgIpc) is 3.40. The van der Waals surface area contributed by atoms with Crippen LogP contribution in [0, 0.1) is 0 Å². The third kappa shape index (κ3) is 5.14. The van der Waals surface area contributed by atoms with Gasteiger partial charge in [0.1, 0.15) is 0 Å². The molecule has 0 aliphatic carbocycles. The van der Waals surface area contributed by atoms with Gasteiger partial charge < -0.3 is 23.6 Å². The molecule has 4 rings (SSSR count). The van der Waals surface area contributed by atoms with Gasteiger partial charge in [-0.05, 0) is 42.5 Å². The summed E-state index contributed by atoms with van der Waals surface area (Å²) in [5.74, 6) is 0.480. The number of anilines is 1. The second-order valence-corrected chi connectivity index (χ2v) is 7.40. The first-order valence-electron chi connectivity index (χ1n) is 10.7. The Labute approximate surface area is 201 Å². The predicted octanol–water partition coefficient (Wildman–Crippen LogP) is 4.39. The molecule has 0 unspecified atom stereocenters. The summed E-state index contributed by atoms with van der Waals surface area (Å²) in [6, 6.07) is 20.8. The average molecular weight is 473 g/mol. The number of benzene rings is 3. The third-order valence-corrected chi connectivity index (χ3v) is 5.26. The summed E-state index contributed by atoms with van der Waals surface area (Å²) in [6.45, 7) is -0.254. The van der Waals surface area contributed by atoms with Crippen LogP contribution in [0.3, 0.4) is 0 Å². The summed E-state index contributed by atoms with van der Waals surface area (Å²) < 4.78 is 21.1. The molecular formula is C26H23N3O6. The van der Waals surface area contributed by atoms with Crippen molar-refractivity contribution in [2.24, 2.45) is 0 Å². The highest BCUT2D eigenvalue weighted by molar-refractivity contribution is 6.11. The highest BCUT2D eigenvalue weighted by Crippen LogP contribution is 2.31. The molecule has 0 saturated carbocycles. The molecule has 1 amide bonds. The van der Waals surface area contributed by atoms with Gasteiger partial charge in [0.25, 0.3) is 11.8 Å². The summed E-state index contributed by atoms with van der Waals surface area (Å²) in [5.41, 5.74) is 1.71. The van der Waals surface area contributed by atoms with E-state index in [1.54, 1.807) is 50.6 Å². The van der Waals surface area contributed by atoms with Crippen LogP contribution in [0.5, 0.6) is 11.5 Å². The van der Waals surface area contributed by atoms with Gasteiger partial charge in [-0.25, -0.2) is 4.79 Å². The normalized spacial score (nSPS) is 10.5. The fraction of sp³-hybridized carbons (Fsp3) is 0.154. The lowest BCUT2D eigenvalue weighted by Gasteiger charge is -2.18. The zero-order chi connectivity index (χ0) is 24.8. The Bertz CT molecular complexity index is 1340. The molecule has 0 spiro atoms. The second kappa shape index (κ2) is 10.5. The van der Waals surface area contributed by atoms with Gasteiger partial charge in [0.15, 0.2) is 18.1 Å². The van der Waals surface area contributed by atoms with E-state index in [0.717, 1.165) is 0 Å². The second-order valence-electron chi connectivity index (χ2n) is 7.40. The van der Waals surface area contributed by atoms with Gasteiger partial charge in [0.05, 0.1) is 25.3 Å². The van der Waals surface area contributed by atoms with Crippen LogP contribution in [0.4, 0.5) is 5.69 Å². The number of para-hydroxylation sites is 1. The van der Waals surface area contributed by atoms with Crippen molar-refractivity contribution in [2.45, 2.75) is 6.61 Å². The molecule has 1 heterocycles. The first-order chi connectivity index (χ1) is 17.0. The van der Waals surface area contributed by atoms with Crippen molar-refractivity contribution in [3.05, 3.63) is 89.8 Å². The Kier molecular flexibility index (Phi) is 7.06. The van der Waals surface area contributed by atoms with Gasteiger partial charge in [-0.1, -0.05) is 35.5 Å².